The molecule has 8 aliphatic carbocycles. The molecule has 2 saturated heterocycles. The molecule has 12 rings (SSSR count). The van der Waals surface area contributed by atoms with Crippen LogP contribution < -0.4 is 16.4 Å². The third kappa shape index (κ3) is 7.52. The number of aromatic hydroxyl groups is 1. The van der Waals surface area contributed by atoms with Crippen molar-refractivity contribution in [3.05, 3.63) is 82.5 Å². The third-order valence-corrected chi connectivity index (χ3v) is 22.2. The predicted octanol–water partition coefficient (Wildman–Crippen LogP) is 10.6. The van der Waals surface area contributed by atoms with Gasteiger partial charge in [0.15, 0.2) is 5.78 Å². The fourth-order valence-corrected chi connectivity index (χ4v) is 19.1. The van der Waals surface area contributed by atoms with Crippen LogP contribution in [0.3, 0.4) is 0 Å². The van der Waals surface area contributed by atoms with Crippen LogP contribution in [0.4, 0.5) is 5.69 Å². The van der Waals surface area contributed by atoms with E-state index in [-0.39, 0.29) is 58.2 Å². The van der Waals surface area contributed by atoms with E-state index in [0.717, 1.165) is 106 Å². The Balaban J connectivity index is 0.983. The van der Waals surface area contributed by atoms with E-state index in [4.69, 9.17) is 10.5 Å². The second-order valence-electron chi connectivity index (χ2n) is 26.0. The topological polar surface area (TPSA) is 157 Å². The fourth-order valence-electron chi connectivity index (χ4n) is 19.1. The lowest BCUT2D eigenvalue weighted by Crippen LogP contribution is -2.72. The van der Waals surface area contributed by atoms with Crippen LogP contribution in [-0.4, -0.2) is 69.9 Å². The van der Waals surface area contributed by atoms with Gasteiger partial charge in [-0.15, -0.1) is 0 Å². The maximum absolute atomic E-state index is 16.0. The molecule has 70 heavy (non-hydrogen) atoms. The molecule has 2 aromatic rings. The summed E-state index contributed by atoms with van der Waals surface area (Å²) in [5, 5.41) is 43.0. The molecule has 0 aromatic heterocycles. The van der Waals surface area contributed by atoms with Gasteiger partial charge in [0.2, 0.25) is 0 Å². The zero-order valence-electron chi connectivity index (χ0n) is 43.3. The van der Waals surface area contributed by atoms with E-state index in [0.29, 0.717) is 62.3 Å². The molecule has 16 atom stereocenters. The number of nitrogens with two attached hydrogens (primary N) is 1. The Morgan fingerprint density at radius 1 is 0.914 bits per heavy atom. The highest BCUT2D eigenvalue weighted by Crippen LogP contribution is 2.78. The molecular formula is C61H85N3O6. The van der Waals surface area contributed by atoms with E-state index in [2.05, 4.69) is 74.7 Å². The first-order chi connectivity index (χ1) is 33.4. The van der Waals surface area contributed by atoms with Crippen LogP contribution in [0.25, 0.3) is 0 Å². The zero-order valence-corrected chi connectivity index (χ0v) is 43.3. The molecule has 2 heterocycles. The van der Waals surface area contributed by atoms with Crippen molar-refractivity contribution in [1.29, 1.82) is 0 Å². The van der Waals surface area contributed by atoms with Gasteiger partial charge in [-0.1, -0.05) is 95.2 Å². The number of anilines is 1. The summed E-state index contributed by atoms with van der Waals surface area (Å²) in [6.45, 7) is 12.8. The largest absolute Gasteiger partial charge is 0.508 e. The number of allylic oxidation sites excluding steroid dienone is 4. The number of aliphatic hydroxyl groups excluding tert-OH is 1. The predicted molar refractivity (Wildman–Crippen MR) is 276 cm³/mol. The lowest BCUT2D eigenvalue weighted by Gasteiger charge is -2.72. The van der Waals surface area contributed by atoms with Crippen molar-refractivity contribution in [2.24, 2.45) is 57.2 Å². The number of epoxide rings is 1. The van der Waals surface area contributed by atoms with Crippen LogP contribution >= 0.6 is 0 Å². The molecule has 0 unspecified atom stereocenters. The molecule has 2 aromatic carbocycles. The van der Waals surface area contributed by atoms with Crippen molar-refractivity contribution in [2.45, 2.75) is 198 Å². The number of phenols is 1. The number of phenolic OH excluding ortho intramolecular Hbond substituents is 1. The summed E-state index contributed by atoms with van der Waals surface area (Å²) in [6, 6.07) is 14.2. The van der Waals surface area contributed by atoms with E-state index in [1.807, 2.05) is 32.2 Å². The Morgan fingerprint density at radius 3 is 2.47 bits per heavy atom. The summed E-state index contributed by atoms with van der Waals surface area (Å²) in [7, 11) is 1.92. The van der Waals surface area contributed by atoms with Gasteiger partial charge in [-0.25, -0.2) is 0 Å². The van der Waals surface area contributed by atoms with E-state index in [9.17, 15) is 15.3 Å². The molecule has 1 spiro atoms. The lowest BCUT2D eigenvalue weighted by atomic mass is 9.32. The quantitative estimate of drug-likeness (QED) is 0.0775. The van der Waals surface area contributed by atoms with E-state index in [1.165, 1.54) is 17.6 Å². The van der Waals surface area contributed by atoms with Crippen molar-refractivity contribution in [3.8, 4) is 5.75 Å². The van der Waals surface area contributed by atoms with Crippen LogP contribution in [-0.2, 0) is 20.9 Å². The third-order valence-electron chi connectivity index (χ3n) is 22.2. The minimum atomic E-state index is -0.875. The SMILES string of the molecule is CNCc1cc(O)cc([C@H]2C(=O)[C@]34CC=C[C@@H]2[C@@]2(C)[C@H]5CCC6=C([C@@H](C[C@@H](O)[C@H]7O[C@]7(C)[C@@H]7CCC[C@H]7c7cccc(N)c7)C7CCCCC7)C(=O)C[C@]6(C)[C@@]5(C)C[C@H](NC[C@](C)(O)CCCC3)[C@@H]42)c1. The highest BCUT2D eigenvalue weighted by Gasteiger charge is 2.75. The summed E-state index contributed by atoms with van der Waals surface area (Å²) in [5.74, 6) is 1.53. The normalized spacial score (nSPS) is 43.5. The van der Waals surface area contributed by atoms with Gasteiger partial charge in [0.1, 0.15) is 17.6 Å². The number of aliphatic hydroxyl groups is 2. The van der Waals surface area contributed by atoms with Crippen LogP contribution in [0.15, 0.2) is 65.8 Å². The lowest BCUT2D eigenvalue weighted by molar-refractivity contribution is -0.211. The van der Waals surface area contributed by atoms with Gasteiger partial charge in [0.05, 0.1) is 23.2 Å². The Labute approximate surface area is 418 Å². The van der Waals surface area contributed by atoms with Crippen LogP contribution in [0, 0.1) is 57.2 Å². The van der Waals surface area contributed by atoms with E-state index < -0.39 is 34.1 Å². The van der Waals surface area contributed by atoms with Crippen LogP contribution in [0.2, 0.25) is 0 Å². The smallest absolute Gasteiger partial charge is 0.160 e. The molecule has 9 heteroatoms. The average molecular weight is 956 g/mol. The summed E-state index contributed by atoms with van der Waals surface area (Å²) < 4.78 is 6.73. The average Bonchev–Trinajstić information content (AvgIpc) is 3.72. The van der Waals surface area contributed by atoms with Gasteiger partial charge < -0.3 is 36.4 Å². The number of fused-ring (bicyclic) bond motifs is 5. The number of Topliss-reactive ketones (excluding diaryl/α,β-unsaturated/α-hetero) is 2. The fraction of sp³-hybridized carbons (Fsp3) is 0.705. The van der Waals surface area contributed by atoms with Gasteiger partial charge in [-0.2, -0.15) is 0 Å². The molecule has 0 amide bonds. The van der Waals surface area contributed by atoms with E-state index >= 15 is 9.59 Å². The first-order valence-electron chi connectivity index (χ1n) is 28.0. The van der Waals surface area contributed by atoms with Crippen molar-refractivity contribution >= 4 is 17.3 Å². The molecule has 2 bridgehead atoms. The Hall–Kier alpha value is -3.34. The molecule has 2 aliphatic heterocycles. The number of β-amino-alcohol motifs (C(OH)–C–C–N with tert-alkyl or cyclic N) is 1. The molecular weight excluding hydrogens is 871 g/mol. The number of carbonyl (C=O) groups is 2. The summed E-state index contributed by atoms with van der Waals surface area (Å²) in [4.78, 5) is 31.4. The summed E-state index contributed by atoms with van der Waals surface area (Å²) >= 11 is 0. The first-order valence-corrected chi connectivity index (χ1v) is 28.0. The summed E-state index contributed by atoms with van der Waals surface area (Å²) in [5.41, 5.74) is 9.67. The Kier molecular flexibility index (Phi) is 12.3. The molecule has 7 fully saturated rings. The van der Waals surface area contributed by atoms with Crippen molar-refractivity contribution in [3.63, 3.8) is 0 Å². The number of hydrogen-bond donors (Lipinski definition) is 6. The van der Waals surface area contributed by atoms with Crippen molar-refractivity contribution in [2.75, 3.05) is 19.3 Å². The number of ketones is 2. The number of rotatable bonds is 10. The maximum Gasteiger partial charge on any atom is 0.160 e. The minimum absolute atomic E-state index is 0.0185. The summed E-state index contributed by atoms with van der Waals surface area (Å²) in [6.07, 6.45) is 20.4. The van der Waals surface area contributed by atoms with Gasteiger partial charge in [-0.05, 0) is 190 Å². The van der Waals surface area contributed by atoms with E-state index in [1.54, 1.807) is 0 Å². The molecule has 9 nitrogen and oxygen atoms in total. The second kappa shape index (κ2) is 17.7. The molecule has 10 aliphatic rings. The number of nitrogen functional groups attached to an aromatic ring is 1. The van der Waals surface area contributed by atoms with Gasteiger partial charge >= 0.3 is 0 Å². The monoisotopic (exact) mass is 956 g/mol. The molecule has 0 radical (unpaired) electrons. The molecule has 380 valence electrons. The van der Waals surface area contributed by atoms with Crippen molar-refractivity contribution in [1.82, 2.24) is 10.6 Å². The Morgan fingerprint density at radius 2 is 1.70 bits per heavy atom. The number of nitrogens with one attached hydrogen (secondary N) is 2. The van der Waals surface area contributed by atoms with Crippen molar-refractivity contribution < 1.29 is 29.6 Å². The van der Waals surface area contributed by atoms with Gasteiger partial charge in [0, 0.05) is 42.1 Å². The maximum atomic E-state index is 16.0. The number of hydrogen-bond acceptors (Lipinski definition) is 9. The first kappa shape index (κ1) is 48.9. The Bertz CT molecular complexity index is 2440. The highest BCUT2D eigenvalue weighted by atomic mass is 16.6. The number of benzene rings is 2. The highest BCUT2D eigenvalue weighted by molar-refractivity contribution is 6.01. The number of carbonyl (C=O) groups excluding carboxylic acids is 2. The van der Waals surface area contributed by atoms with Crippen LogP contribution in [0.1, 0.15) is 179 Å². The second-order valence-corrected chi connectivity index (χ2v) is 26.0. The number of ether oxygens (including phenoxy) is 1. The zero-order chi connectivity index (χ0) is 49.2. The minimum Gasteiger partial charge on any atom is -0.508 e. The molecule has 7 N–H and O–H groups in total. The molecule has 5 saturated carbocycles. The van der Waals surface area contributed by atoms with Gasteiger partial charge in [0.25, 0.3) is 0 Å². The standard InChI is InChI=1S/C61H85N3O6/c1-56(69)24-10-11-25-61-26-14-21-46(51(54(61)68)39-27-36(34-63-6)28-41(65)30-39)59(4)50-23-22-45-52(49(67)33-57(45,2)58(50,3)32-47(53(59)61)64-35-56)43(37-15-8-7-9-16-37)31-48(66)55-60(5,70-55)44-20-13-19-42(44)38-17-12-18-40(62)29-38/h12,14,17-18,21,27-30,37,42-44,46-48,50-51,53,55,63-66,69H,7-11,13,15-16,19-20,22-26,31-35,62H2,1-6H3/t42-,43-,44+,46-,47-,48+,50-,51+,53+,55+,56+,57-,58-,59-,60+,61-/m0/s1. The van der Waals surface area contributed by atoms with Gasteiger partial charge in [-0.3, -0.25) is 9.59 Å². The van der Waals surface area contributed by atoms with Crippen LogP contribution in [0.5, 0.6) is 5.75 Å².